The van der Waals surface area contributed by atoms with Crippen molar-refractivity contribution in [2.24, 2.45) is 11.8 Å². The largest absolute Gasteiger partial charge is 0.390 e. The van der Waals surface area contributed by atoms with Crippen molar-refractivity contribution in [3.8, 4) is 0 Å². The SMILES string of the molecule is CC(C)CC1CNC(C)(C2CC2)CN1CCC(F)(F)F. The Balaban J connectivity index is 1.98. The lowest BCUT2D eigenvalue weighted by Crippen LogP contribution is -2.64. The van der Waals surface area contributed by atoms with Crippen LogP contribution in [0.25, 0.3) is 0 Å². The third-order valence-corrected chi connectivity index (χ3v) is 4.69. The van der Waals surface area contributed by atoms with Gasteiger partial charge in [-0.05, 0) is 38.0 Å². The highest BCUT2D eigenvalue weighted by Gasteiger charge is 2.46. The van der Waals surface area contributed by atoms with Crippen LogP contribution in [0.4, 0.5) is 13.2 Å². The van der Waals surface area contributed by atoms with Gasteiger partial charge in [0.15, 0.2) is 0 Å². The van der Waals surface area contributed by atoms with E-state index in [0.717, 1.165) is 19.5 Å². The summed E-state index contributed by atoms with van der Waals surface area (Å²) in [5.74, 6) is 1.16. The quantitative estimate of drug-likeness (QED) is 0.835. The van der Waals surface area contributed by atoms with Crippen LogP contribution in [0.15, 0.2) is 0 Å². The van der Waals surface area contributed by atoms with Crippen molar-refractivity contribution in [2.45, 2.75) is 64.2 Å². The maximum atomic E-state index is 12.5. The molecule has 2 rings (SSSR count). The van der Waals surface area contributed by atoms with Gasteiger partial charge in [0.1, 0.15) is 0 Å². The lowest BCUT2D eigenvalue weighted by Gasteiger charge is -2.47. The molecule has 0 aromatic rings. The van der Waals surface area contributed by atoms with Crippen LogP contribution in [0.1, 0.15) is 46.5 Å². The van der Waals surface area contributed by atoms with Crippen LogP contribution in [0.3, 0.4) is 0 Å². The van der Waals surface area contributed by atoms with Gasteiger partial charge in [-0.25, -0.2) is 0 Å². The van der Waals surface area contributed by atoms with E-state index in [1.807, 2.05) is 0 Å². The summed E-state index contributed by atoms with van der Waals surface area (Å²) in [6.07, 6.45) is -1.35. The Labute approximate surface area is 120 Å². The molecule has 2 unspecified atom stereocenters. The fourth-order valence-corrected chi connectivity index (χ4v) is 3.39. The predicted octanol–water partition coefficient (Wildman–Crippen LogP) is 3.43. The van der Waals surface area contributed by atoms with Crippen LogP contribution in [-0.2, 0) is 0 Å². The van der Waals surface area contributed by atoms with E-state index in [9.17, 15) is 13.2 Å². The van der Waals surface area contributed by atoms with Crippen molar-refractivity contribution in [3.05, 3.63) is 0 Å². The summed E-state index contributed by atoms with van der Waals surface area (Å²) in [5.41, 5.74) is 0.0130. The first-order valence-electron chi connectivity index (χ1n) is 7.75. The van der Waals surface area contributed by atoms with Gasteiger partial charge in [0.25, 0.3) is 0 Å². The van der Waals surface area contributed by atoms with E-state index in [1.165, 1.54) is 12.8 Å². The Morgan fingerprint density at radius 3 is 2.45 bits per heavy atom. The highest BCUT2D eigenvalue weighted by atomic mass is 19.4. The molecule has 1 N–H and O–H groups in total. The van der Waals surface area contributed by atoms with Crippen molar-refractivity contribution in [3.63, 3.8) is 0 Å². The van der Waals surface area contributed by atoms with Gasteiger partial charge in [-0.15, -0.1) is 0 Å². The lowest BCUT2D eigenvalue weighted by atomic mass is 9.88. The molecule has 0 amide bonds. The first kappa shape index (κ1) is 16.1. The lowest BCUT2D eigenvalue weighted by molar-refractivity contribution is -0.141. The van der Waals surface area contributed by atoms with Crippen molar-refractivity contribution in [2.75, 3.05) is 19.6 Å². The number of halogens is 3. The Morgan fingerprint density at radius 2 is 1.95 bits per heavy atom. The molecular weight excluding hydrogens is 265 g/mol. The Hall–Kier alpha value is -0.290. The number of hydrogen-bond acceptors (Lipinski definition) is 2. The molecule has 0 bridgehead atoms. The summed E-state index contributed by atoms with van der Waals surface area (Å²) in [7, 11) is 0. The van der Waals surface area contributed by atoms with Gasteiger partial charge >= 0.3 is 6.18 Å². The minimum atomic E-state index is -4.05. The van der Waals surface area contributed by atoms with E-state index >= 15 is 0 Å². The second kappa shape index (κ2) is 5.84. The zero-order valence-corrected chi connectivity index (χ0v) is 12.8. The van der Waals surface area contributed by atoms with Gasteiger partial charge < -0.3 is 5.32 Å². The Morgan fingerprint density at radius 1 is 1.30 bits per heavy atom. The zero-order valence-electron chi connectivity index (χ0n) is 12.8. The molecule has 1 aliphatic heterocycles. The summed E-state index contributed by atoms with van der Waals surface area (Å²) >= 11 is 0. The molecule has 0 radical (unpaired) electrons. The molecule has 1 heterocycles. The molecular formula is C15H27F3N2. The second-order valence-electron chi connectivity index (χ2n) is 7.19. The molecule has 1 saturated heterocycles. The van der Waals surface area contributed by atoms with Crippen molar-refractivity contribution in [1.29, 1.82) is 0 Å². The molecule has 2 aliphatic rings. The molecule has 2 fully saturated rings. The summed E-state index contributed by atoms with van der Waals surface area (Å²) < 4.78 is 37.6. The first-order valence-corrected chi connectivity index (χ1v) is 7.75. The highest BCUT2D eigenvalue weighted by molar-refractivity contribution is 5.04. The van der Waals surface area contributed by atoms with E-state index < -0.39 is 12.6 Å². The van der Waals surface area contributed by atoms with Gasteiger partial charge in [0.2, 0.25) is 0 Å². The van der Waals surface area contributed by atoms with Crippen molar-refractivity contribution < 1.29 is 13.2 Å². The van der Waals surface area contributed by atoms with Crippen LogP contribution in [0.5, 0.6) is 0 Å². The monoisotopic (exact) mass is 292 g/mol. The van der Waals surface area contributed by atoms with Crippen LogP contribution in [0, 0.1) is 11.8 Å². The fraction of sp³-hybridized carbons (Fsp3) is 1.00. The molecule has 118 valence electrons. The van der Waals surface area contributed by atoms with Crippen LogP contribution in [0.2, 0.25) is 0 Å². The van der Waals surface area contributed by atoms with Gasteiger partial charge in [-0.1, -0.05) is 13.8 Å². The standard InChI is InChI=1S/C15H27F3N2/c1-11(2)8-13-9-19-14(3,12-4-5-12)10-20(13)7-6-15(16,17)18/h11-13,19H,4-10H2,1-3H3. The third kappa shape index (κ3) is 4.35. The summed E-state index contributed by atoms with van der Waals surface area (Å²) in [4.78, 5) is 2.09. The Bertz CT molecular complexity index is 326. The van der Waals surface area contributed by atoms with E-state index in [-0.39, 0.29) is 18.1 Å². The van der Waals surface area contributed by atoms with Gasteiger partial charge in [0, 0.05) is 31.2 Å². The summed E-state index contributed by atoms with van der Waals surface area (Å²) in [5, 5.41) is 3.62. The van der Waals surface area contributed by atoms with Crippen LogP contribution < -0.4 is 5.32 Å². The molecule has 1 aliphatic carbocycles. The van der Waals surface area contributed by atoms with Crippen LogP contribution >= 0.6 is 0 Å². The molecule has 0 aromatic carbocycles. The smallest absolute Gasteiger partial charge is 0.308 e. The molecule has 5 heteroatoms. The maximum absolute atomic E-state index is 12.5. The summed E-state index contributed by atoms with van der Waals surface area (Å²) in [6, 6.07) is 0.240. The van der Waals surface area contributed by atoms with E-state index in [0.29, 0.717) is 11.8 Å². The molecule has 2 atom stereocenters. The molecule has 0 spiro atoms. The number of nitrogens with zero attached hydrogens (tertiary/aromatic N) is 1. The van der Waals surface area contributed by atoms with Gasteiger partial charge in [-0.2, -0.15) is 13.2 Å². The van der Waals surface area contributed by atoms with Gasteiger partial charge in [0.05, 0.1) is 6.42 Å². The topological polar surface area (TPSA) is 15.3 Å². The number of hydrogen-bond donors (Lipinski definition) is 1. The number of alkyl halides is 3. The molecule has 20 heavy (non-hydrogen) atoms. The first-order chi connectivity index (χ1) is 9.20. The number of nitrogens with one attached hydrogen (secondary N) is 1. The average molecular weight is 292 g/mol. The van der Waals surface area contributed by atoms with E-state index in [1.54, 1.807) is 0 Å². The van der Waals surface area contributed by atoms with Gasteiger partial charge in [-0.3, -0.25) is 4.90 Å². The average Bonchev–Trinajstić information content (AvgIpc) is 3.12. The molecule has 2 nitrogen and oxygen atoms in total. The maximum Gasteiger partial charge on any atom is 0.390 e. The zero-order chi connectivity index (χ0) is 15.0. The number of piperazine rings is 1. The van der Waals surface area contributed by atoms with Crippen molar-refractivity contribution >= 4 is 0 Å². The normalized spacial score (nSPS) is 32.9. The van der Waals surface area contributed by atoms with Crippen molar-refractivity contribution in [1.82, 2.24) is 10.2 Å². The Kier molecular flexibility index (Phi) is 4.69. The predicted molar refractivity (Wildman–Crippen MR) is 74.6 cm³/mol. The molecule has 1 saturated carbocycles. The second-order valence-corrected chi connectivity index (χ2v) is 7.19. The van der Waals surface area contributed by atoms with Crippen LogP contribution in [-0.4, -0.2) is 42.3 Å². The van der Waals surface area contributed by atoms with E-state index in [4.69, 9.17) is 0 Å². The minimum Gasteiger partial charge on any atom is -0.308 e. The fourth-order valence-electron chi connectivity index (χ4n) is 3.39. The highest BCUT2D eigenvalue weighted by Crippen LogP contribution is 2.41. The number of rotatable bonds is 5. The van der Waals surface area contributed by atoms with E-state index in [2.05, 4.69) is 31.0 Å². The minimum absolute atomic E-state index is 0.0130. The third-order valence-electron chi connectivity index (χ3n) is 4.69. The summed E-state index contributed by atoms with van der Waals surface area (Å²) in [6.45, 7) is 8.17. The molecule has 0 aromatic heterocycles.